The summed E-state index contributed by atoms with van der Waals surface area (Å²) in [6.45, 7) is 9.25. The molecule has 0 aliphatic heterocycles. The van der Waals surface area contributed by atoms with Gasteiger partial charge >= 0.3 is 11.9 Å². The third kappa shape index (κ3) is 8.13. The molecule has 2 aromatic heterocycles. The third-order valence-electron chi connectivity index (χ3n) is 3.94. The first-order valence-corrected chi connectivity index (χ1v) is 10.1. The summed E-state index contributed by atoms with van der Waals surface area (Å²) in [6.07, 6.45) is 2.91. The van der Waals surface area contributed by atoms with Gasteiger partial charge in [0.2, 0.25) is 23.4 Å². The second-order valence-corrected chi connectivity index (χ2v) is 6.51. The van der Waals surface area contributed by atoms with E-state index in [1.165, 1.54) is 0 Å². The van der Waals surface area contributed by atoms with Crippen LogP contribution in [0.15, 0.2) is 46.0 Å². The maximum Gasteiger partial charge on any atom is 0.330 e. The van der Waals surface area contributed by atoms with Crippen LogP contribution in [0.25, 0.3) is 22.8 Å². The zero-order valence-corrected chi connectivity index (χ0v) is 18.4. The number of hydrogen-bond donors (Lipinski definition) is 0. The highest BCUT2D eigenvalue weighted by atomic mass is 16.5. The summed E-state index contributed by atoms with van der Waals surface area (Å²) in [5, 5.41) is 7.75. The molecule has 0 atom stereocenters. The Bertz CT molecular complexity index is 971. The summed E-state index contributed by atoms with van der Waals surface area (Å²) >= 11 is 0. The Hall–Kier alpha value is -3.82. The van der Waals surface area contributed by atoms with Crippen LogP contribution < -0.4 is 0 Å². The molecule has 1 aromatic carbocycles. The molecule has 0 radical (unpaired) electrons. The number of ether oxygens (including phenoxy) is 2. The zero-order valence-electron chi connectivity index (χ0n) is 18.4. The van der Waals surface area contributed by atoms with Crippen molar-refractivity contribution >= 4 is 11.9 Å². The third-order valence-corrected chi connectivity index (χ3v) is 3.94. The fourth-order valence-electron chi connectivity index (χ4n) is 2.35. The summed E-state index contributed by atoms with van der Waals surface area (Å²) in [5.74, 6) is 1.55. The molecule has 0 amide bonds. The van der Waals surface area contributed by atoms with Crippen molar-refractivity contribution in [3.05, 3.63) is 48.7 Å². The molecule has 3 rings (SSSR count). The molecule has 0 aliphatic rings. The van der Waals surface area contributed by atoms with Gasteiger partial charge in [0, 0.05) is 37.5 Å². The molecule has 32 heavy (non-hydrogen) atoms. The van der Waals surface area contributed by atoms with E-state index in [-0.39, 0.29) is 5.97 Å². The van der Waals surface area contributed by atoms with Gasteiger partial charge in [-0.1, -0.05) is 42.0 Å². The highest BCUT2D eigenvalue weighted by Gasteiger charge is 2.10. The Kier molecular flexibility index (Phi) is 9.76. The normalized spacial score (nSPS) is 10.1. The molecule has 0 aliphatic carbocycles. The number of aryl methyl sites for hydroxylation is 2. The first-order chi connectivity index (χ1) is 15.4. The number of aromatic nitrogens is 4. The lowest BCUT2D eigenvalue weighted by atomic mass is 10.1. The first kappa shape index (κ1) is 24.4. The molecule has 0 N–H and O–H groups in total. The molecule has 0 spiro atoms. The van der Waals surface area contributed by atoms with Gasteiger partial charge in [-0.3, -0.25) is 4.79 Å². The molecule has 0 unspecified atom stereocenters. The summed E-state index contributed by atoms with van der Waals surface area (Å²) in [4.78, 5) is 29.6. The molecule has 0 bridgehead atoms. The Morgan fingerprint density at radius 2 is 1.50 bits per heavy atom. The SMILES string of the molecule is C=CC(=O)OCCCCOC(=O)CC.Cc1nc(-c2cccc(-c3noc(C)n3)c2)no1. The highest BCUT2D eigenvalue weighted by Crippen LogP contribution is 2.22. The van der Waals surface area contributed by atoms with Crippen LogP contribution >= 0.6 is 0 Å². The molecule has 3 aromatic rings. The topological polar surface area (TPSA) is 130 Å². The molecule has 10 nitrogen and oxygen atoms in total. The van der Waals surface area contributed by atoms with Crippen molar-refractivity contribution in [3.8, 4) is 22.8 Å². The highest BCUT2D eigenvalue weighted by molar-refractivity contribution is 5.81. The van der Waals surface area contributed by atoms with Gasteiger partial charge in [-0.15, -0.1) is 0 Å². The number of rotatable bonds is 9. The van der Waals surface area contributed by atoms with Crippen molar-refractivity contribution in [2.24, 2.45) is 0 Å². The molecule has 0 saturated heterocycles. The van der Waals surface area contributed by atoms with Crippen LogP contribution in [0, 0.1) is 13.8 Å². The van der Waals surface area contributed by atoms with Crippen LogP contribution in [0.1, 0.15) is 38.0 Å². The second kappa shape index (κ2) is 12.8. The van der Waals surface area contributed by atoms with E-state index in [0.29, 0.717) is 55.9 Å². The second-order valence-electron chi connectivity index (χ2n) is 6.51. The van der Waals surface area contributed by atoms with Crippen LogP contribution in [-0.2, 0) is 19.1 Å². The van der Waals surface area contributed by atoms with Gasteiger partial charge in [-0.05, 0) is 18.9 Å². The van der Waals surface area contributed by atoms with Gasteiger partial charge in [0.1, 0.15) is 0 Å². The first-order valence-electron chi connectivity index (χ1n) is 10.1. The van der Waals surface area contributed by atoms with Crippen LogP contribution in [-0.4, -0.2) is 45.4 Å². The number of nitrogens with zero attached hydrogens (tertiary/aromatic N) is 4. The quantitative estimate of drug-likeness (QED) is 0.273. The van der Waals surface area contributed by atoms with Crippen LogP contribution in [0.3, 0.4) is 0 Å². The summed E-state index contributed by atoms with van der Waals surface area (Å²) in [6, 6.07) is 7.60. The van der Waals surface area contributed by atoms with Crippen molar-refractivity contribution in [1.82, 2.24) is 20.3 Å². The van der Waals surface area contributed by atoms with Crippen LogP contribution in [0.2, 0.25) is 0 Å². The average molecular weight is 442 g/mol. The summed E-state index contributed by atoms with van der Waals surface area (Å²) in [5.41, 5.74) is 1.71. The summed E-state index contributed by atoms with van der Waals surface area (Å²) < 4.78 is 19.5. The molecular weight excluding hydrogens is 416 g/mol. The maximum atomic E-state index is 10.7. The molecule has 170 valence electrons. The average Bonchev–Trinajstić information content (AvgIpc) is 3.44. The number of benzene rings is 1. The zero-order chi connectivity index (χ0) is 23.3. The number of carbonyl (C=O) groups excluding carboxylic acids is 2. The van der Waals surface area contributed by atoms with Gasteiger partial charge in [-0.25, -0.2) is 4.79 Å². The molecule has 10 heteroatoms. The Morgan fingerprint density at radius 3 is 1.94 bits per heavy atom. The monoisotopic (exact) mass is 442 g/mol. The Balaban J connectivity index is 0.000000237. The predicted molar refractivity (Wildman–Crippen MR) is 114 cm³/mol. The van der Waals surface area contributed by atoms with Gasteiger partial charge in [-0.2, -0.15) is 9.97 Å². The van der Waals surface area contributed by atoms with Crippen molar-refractivity contribution in [2.45, 2.75) is 40.0 Å². The standard InChI is InChI=1S/C12H10N4O2.C10H16O4/c1-7-13-11(15-17-7)9-4-3-5-10(6-9)12-14-8(2)18-16-12;1-3-9(11)13-7-5-6-8-14-10(12)4-2/h3-6H,1-2H3;3H,1,4-8H2,2H3. The summed E-state index contributed by atoms with van der Waals surface area (Å²) in [7, 11) is 0. The van der Waals surface area contributed by atoms with E-state index in [0.717, 1.165) is 17.2 Å². The Morgan fingerprint density at radius 1 is 0.969 bits per heavy atom. The fourth-order valence-corrected chi connectivity index (χ4v) is 2.35. The lowest BCUT2D eigenvalue weighted by Crippen LogP contribution is -2.06. The lowest BCUT2D eigenvalue weighted by Gasteiger charge is -2.03. The van der Waals surface area contributed by atoms with Crippen molar-refractivity contribution in [3.63, 3.8) is 0 Å². The fraction of sp³-hybridized carbons (Fsp3) is 0.364. The van der Waals surface area contributed by atoms with E-state index < -0.39 is 5.97 Å². The van der Waals surface area contributed by atoms with E-state index in [4.69, 9.17) is 18.5 Å². The van der Waals surface area contributed by atoms with Gasteiger partial charge < -0.3 is 18.5 Å². The van der Waals surface area contributed by atoms with E-state index in [1.807, 2.05) is 24.3 Å². The molecule has 0 saturated carbocycles. The number of unbranched alkanes of at least 4 members (excludes halogenated alkanes) is 1. The molecule has 2 heterocycles. The minimum atomic E-state index is -0.421. The molecular formula is C22H26N4O6. The number of esters is 2. The smallest absolute Gasteiger partial charge is 0.330 e. The van der Waals surface area contributed by atoms with Gasteiger partial charge in [0.25, 0.3) is 0 Å². The van der Waals surface area contributed by atoms with Crippen LogP contribution in [0.4, 0.5) is 0 Å². The van der Waals surface area contributed by atoms with Gasteiger partial charge in [0.15, 0.2) is 0 Å². The van der Waals surface area contributed by atoms with Crippen molar-refractivity contribution in [1.29, 1.82) is 0 Å². The van der Waals surface area contributed by atoms with Gasteiger partial charge in [0.05, 0.1) is 13.2 Å². The Labute approximate surface area is 185 Å². The van der Waals surface area contributed by atoms with Crippen molar-refractivity contribution in [2.75, 3.05) is 13.2 Å². The predicted octanol–water partition coefficient (Wildman–Crippen LogP) is 3.85. The minimum absolute atomic E-state index is 0.201. The molecule has 0 fully saturated rings. The number of hydrogen-bond acceptors (Lipinski definition) is 10. The van der Waals surface area contributed by atoms with Crippen molar-refractivity contribution < 1.29 is 28.1 Å². The van der Waals surface area contributed by atoms with E-state index in [2.05, 4.69) is 26.9 Å². The van der Waals surface area contributed by atoms with Crippen LogP contribution in [0.5, 0.6) is 0 Å². The minimum Gasteiger partial charge on any atom is -0.466 e. The lowest BCUT2D eigenvalue weighted by molar-refractivity contribution is -0.144. The largest absolute Gasteiger partial charge is 0.466 e. The van der Waals surface area contributed by atoms with E-state index in [1.54, 1.807) is 20.8 Å². The maximum absolute atomic E-state index is 10.7. The van der Waals surface area contributed by atoms with E-state index in [9.17, 15) is 9.59 Å². The number of carbonyl (C=O) groups is 2. The van der Waals surface area contributed by atoms with E-state index >= 15 is 0 Å².